The Morgan fingerprint density at radius 2 is 1.85 bits per heavy atom. The number of hydrogen-bond donors (Lipinski definition) is 1. The topological polar surface area (TPSA) is 12.0 Å². The minimum atomic E-state index is -0.819. The Bertz CT molecular complexity index is 751. The summed E-state index contributed by atoms with van der Waals surface area (Å²) in [5.74, 6) is -1.63. The van der Waals surface area contributed by atoms with Gasteiger partial charge >= 0.3 is 0 Å². The van der Waals surface area contributed by atoms with Gasteiger partial charge in [0.15, 0.2) is 11.6 Å². The summed E-state index contributed by atoms with van der Waals surface area (Å²) < 4.78 is 27.4. The van der Waals surface area contributed by atoms with Crippen molar-refractivity contribution in [2.45, 2.75) is 13.0 Å². The summed E-state index contributed by atoms with van der Waals surface area (Å²) in [6, 6.07) is 12.1. The number of rotatable bonds is 3. The molecule has 1 heterocycles. The molecule has 0 aliphatic carbocycles. The standard InChI is InChI=1S/C16H13F2NS/c1-10(11-2-4-14(17)15(18)9-11)19-13-3-5-16-12(8-13)6-7-20-16/h2-10,19H,1H3. The Morgan fingerprint density at radius 3 is 2.65 bits per heavy atom. The molecule has 0 spiro atoms. The van der Waals surface area contributed by atoms with Gasteiger partial charge in [-0.1, -0.05) is 6.07 Å². The van der Waals surface area contributed by atoms with Gasteiger partial charge in [-0.05, 0) is 59.7 Å². The van der Waals surface area contributed by atoms with E-state index in [1.165, 1.54) is 16.2 Å². The van der Waals surface area contributed by atoms with E-state index >= 15 is 0 Å². The molecule has 0 aliphatic heterocycles. The number of hydrogen-bond acceptors (Lipinski definition) is 2. The first-order valence-corrected chi connectivity index (χ1v) is 7.20. The summed E-state index contributed by atoms with van der Waals surface area (Å²) in [6.45, 7) is 1.92. The summed E-state index contributed by atoms with van der Waals surface area (Å²) in [5.41, 5.74) is 1.68. The van der Waals surface area contributed by atoms with E-state index in [0.717, 1.165) is 11.8 Å². The summed E-state index contributed by atoms with van der Waals surface area (Å²) in [7, 11) is 0. The fraction of sp³-hybridized carbons (Fsp3) is 0.125. The fourth-order valence-corrected chi connectivity index (χ4v) is 2.94. The summed E-state index contributed by atoms with van der Waals surface area (Å²) >= 11 is 1.70. The van der Waals surface area contributed by atoms with Gasteiger partial charge in [0.05, 0.1) is 0 Å². The van der Waals surface area contributed by atoms with Crippen LogP contribution >= 0.6 is 11.3 Å². The highest BCUT2D eigenvalue weighted by Crippen LogP contribution is 2.26. The van der Waals surface area contributed by atoms with E-state index in [2.05, 4.69) is 23.5 Å². The summed E-state index contributed by atoms with van der Waals surface area (Å²) in [6.07, 6.45) is 0. The van der Waals surface area contributed by atoms with Gasteiger partial charge in [0, 0.05) is 16.4 Å². The van der Waals surface area contributed by atoms with Crippen molar-refractivity contribution in [1.82, 2.24) is 0 Å². The van der Waals surface area contributed by atoms with Crippen molar-refractivity contribution >= 4 is 27.1 Å². The van der Waals surface area contributed by atoms with E-state index in [4.69, 9.17) is 0 Å². The molecule has 4 heteroatoms. The highest BCUT2D eigenvalue weighted by atomic mass is 32.1. The maximum absolute atomic E-state index is 13.2. The van der Waals surface area contributed by atoms with Gasteiger partial charge in [-0.2, -0.15) is 0 Å². The minimum absolute atomic E-state index is 0.0961. The van der Waals surface area contributed by atoms with Crippen LogP contribution in [0.5, 0.6) is 0 Å². The lowest BCUT2D eigenvalue weighted by atomic mass is 10.1. The zero-order chi connectivity index (χ0) is 14.1. The normalized spacial score (nSPS) is 12.6. The second-order valence-electron chi connectivity index (χ2n) is 4.71. The minimum Gasteiger partial charge on any atom is -0.379 e. The smallest absolute Gasteiger partial charge is 0.159 e. The first-order chi connectivity index (χ1) is 9.63. The Labute approximate surface area is 119 Å². The maximum Gasteiger partial charge on any atom is 0.159 e. The third-order valence-corrected chi connectivity index (χ3v) is 4.18. The Kier molecular flexibility index (Phi) is 3.40. The van der Waals surface area contributed by atoms with Crippen LogP contribution in [0.2, 0.25) is 0 Å². The molecule has 0 saturated carbocycles. The van der Waals surface area contributed by atoms with Gasteiger partial charge in [-0.3, -0.25) is 0 Å². The van der Waals surface area contributed by atoms with Gasteiger partial charge in [0.2, 0.25) is 0 Å². The fourth-order valence-electron chi connectivity index (χ4n) is 2.17. The number of nitrogens with one attached hydrogen (secondary N) is 1. The van der Waals surface area contributed by atoms with Crippen LogP contribution in [0.25, 0.3) is 10.1 Å². The van der Waals surface area contributed by atoms with Crippen LogP contribution in [0.15, 0.2) is 47.8 Å². The van der Waals surface area contributed by atoms with Crippen molar-refractivity contribution in [3.63, 3.8) is 0 Å². The second kappa shape index (κ2) is 5.21. The van der Waals surface area contributed by atoms with Crippen molar-refractivity contribution in [3.8, 4) is 0 Å². The lowest BCUT2D eigenvalue weighted by Gasteiger charge is -2.16. The molecule has 0 saturated heterocycles. The molecule has 102 valence electrons. The van der Waals surface area contributed by atoms with E-state index in [1.807, 2.05) is 18.4 Å². The Morgan fingerprint density at radius 1 is 1.00 bits per heavy atom. The van der Waals surface area contributed by atoms with Crippen LogP contribution in [-0.4, -0.2) is 0 Å². The van der Waals surface area contributed by atoms with E-state index in [1.54, 1.807) is 17.4 Å². The van der Waals surface area contributed by atoms with E-state index in [9.17, 15) is 8.78 Å². The van der Waals surface area contributed by atoms with Crippen LogP contribution in [0, 0.1) is 11.6 Å². The van der Waals surface area contributed by atoms with Crippen molar-refractivity contribution in [3.05, 3.63) is 65.0 Å². The molecule has 1 N–H and O–H groups in total. The molecule has 0 fully saturated rings. The van der Waals surface area contributed by atoms with Gasteiger partial charge in [-0.15, -0.1) is 11.3 Å². The molecule has 0 bridgehead atoms. The lowest BCUT2D eigenvalue weighted by molar-refractivity contribution is 0.506. The third kappa shape index (κ3) is 2.51. The summed E-state index contributed by atoms with van der Waals surface area (Å²) in [4.78, 5) is 0. The average Bonchev–Trinajstić information content (AvgIpc) is 2.89. The Hall–Kier alpha value is -1.94. The monoisotopic (exact) mass is 289 g/mol. The van der Waals surface area contributed by atoms with E-state index < -0.39 is 11.6 Å². The largest absolute Gasteiger partial charge is 0.379 e. The number of thiophene rings is 1. The first-order valence-electron chi connectivity index (χ1n) is 6.32. The Balaban J connectivity index is 1.83. The number of anilines is 1. The van der Waals surface area contributed by atoms with Crippen molar-refractivity contribution in [2.75, 3.05) is 5.32 Å². The first kappa shape index (κ1) is 13.1. The zero-order valence-corrected chi connectivity index (χ0v) is 11.7. The average molecular weight is 289 g/mol. The van der Waals surface area contributed by atoms with Gasteiger partial charge < -0.3 is 5.32 Å². The zero-order valence-electron chi connectivity index (χ0n) is 10.9. The summed E-state index contributed by atoms with van der Waals surface area (Å²) in [5, 5.41) is 6.53. The van der Waals surface area contributed by atoms with Crippen molar-refractivity contribution in [2.24, 2.45) is 0 Å². The molecular formula is C16H13F2NS. The van der Waals surface area contributed by atoms with Crippen molar-refractivity contribution in [1.29, 1.82) is 0 Å². The lowest BCUT2D eigenvalue weighted by Crippen LogP contribution is -2.07. The third-order valence-electron chi connectivity index (χ3n) is 3.28. The number of halogens is 2. The highest BCUT2D eigenvalue weighted by molar-refractivity contribution is 7.17. The van der Waals surface area contributed by atoms with Crippen molar-refractivity contribution < 1.29 is 8.78 Å². The molecule has 1 aromatic heterocycles. The highest BCUT2D eigenvalue weighted by Gasteiger charge is 2.09. The molecule has 3 rings (SSSR count). The molecule has 2 aromatic carbocycles. The molecular weight excluding hydrogens is 276 g/mol. The maximum atomic E-state index is 13.2. The second-order valence-corrected chi connectivity index (χ2v) is 5.66. The van der Waals surface area contributed by atoms with E-state index in [-0.39, 0.29) is 6.04 Å². The van der Waals surface area contributed by atoms with Gasteiger partial charge in [-0.25, -0.2) is 8.78 Å². The molecule has 20 heavy (non-hydrogen) atoms. The van der Waals surface area contributed by atoms with Gasteiger partial charge in [0.25, 0.3) is 0 Å². The SMILES string of the molecule is CC(Nc1ccc2sccc2c1)c1ccc(F)c(F)c1. The van der Waals surface area contributed by atoms with Crippen LogP contribution < -0.4 is 5.32 Å². The molecule has 3 aromatic rings. The quantitative estimate of drug-likeness (QED) is 0.685. The molecule has 0 amide bonds. The predicted molar refractivity (Wildman–Crippen MR) is 80.2 cm³/mol. The number of fused-ring (bicyclic) bond motifs is 1. The van der Waals surface area contributed by atoms with Crippen LogP contribution in [-0.2, 0) is 0 Å². The van der Waals surface area contributed by atoms with Crippen LogP contribution in [0.3, 0.4) is 0 Å². The molecule has 0 aliphatic rings. The molecule has 1 nitrogen and oxygen atoms in total. The van der Waals surface area contributed by atoms with Crippen LogP contribution in [0.4, 0.5) is 14.5 Å². The van der Waals surface area contributed by atoms with Gasteiger partial charge in [0.1, 0.15) is 0 Å². The van der Waals surface area contributed by atoms with E-state index in [0.29, 0.717) is 5.56 Å². The number of benzene rings is 2. The molecule has 1 atom stereocenters. The van der Waals surface area contributed by atoms with Crippen LogP contribution in [0.1, 0.15) is 18.5 Å². The molecule has 0 radical (unpaired) electrons. The molecule has 1 unspecified atom stereocenters. The predicted octanol–water partition coefficient (Wildman–Crippen LogP) is 5.35.